The van der Waals surface area contributed by atoms with Gasteiger partial charge in [0.05, 0.1) is 6.07 Å². The van der Waals surface area contributed by atoms with Crippen molar-refractivity contribution in [2.24, 2.45) is 5.92 Å². The van der Waals surface area contributed by atoms with Crippen LogP contribution in [0.3, 0.4) is 0 Å². The lowest BCUT2D eigenvalue weighted by molar-refractivity contribution is 0.404. The molecule has 0 aromatic rings. The zero-order valence-electron chi connectivity index (χ0n) is 10.7. The highest BCUT2D eigenvalue weighted by Gasteiger charge is 2.32. The monoisotopic (exact) mass is 258 g/mol. The van der Waals surface area contributed by atoms with Gasteiger partial charge in [-0.1, -0.05) is 20.3 Å². The Balaban J connectivity index is 2.76. The third kappa shape index (κ3) is 3.43. The second-order valence-electron chi connectivity index (χ2n) is 4.68. The minimum Gasteiger partial charge on any atom is -0.211 e. The van der Waals surface area contributed by atoms with Gasteiger partial charge in [-0.2, -0.15) is 5.26 Å². The molecule has 1 aliphatic rings. The molecule has 0 radical (unpaired) electrons. The molecule has 1 fully saturated rings. The normalized spacial score (nSPS) is 24.9. The van der Waals surface area contributed by atoms with Crippen molar-refractivity contribution >= 4 is 10.0 Å². The molecule has 5 heteroatoms. The van der Waals surface area contributed by atoms with Crippen LogP contribution in [0.5, 0.6) is 0 Å². The minimum absolute atomic E-state index is 0.368. The van der Waals surface area contributed by atoms with Gasteiger partial charge >= 0.3 is 0 Å². The molecular weight excluding hydrogens is 236 g/mol. The van der Waals surface area contributed by atoms with Crippen LogP contribution in [0.25, 0.3) is 0 Å². The Kier molecular flexibility index (Phi) is 5.41. The molecule has 4 nitrogen and oxygen atoms in total. The molecule has 0 aromatic heterocycles. The highest BCUT2D eigenvalue weighted by Crippen LogP contribution is 2.23. The number of hydrogen-bond donors (Lipinski definition) is 0. The quantitative estimate of drug-likeness (QED) is 0.776. The van der Waals surface area contributed by atoms with E-state index in [1.54, 1.807) is 6.92 Å². The van der Waals surface area contributed by atoms with Gasteiger partial charge in [0.15, 0.2) is 5.25 Å². The van der Waals surface area contributed by atoms with Crippen molar-refractivity contribution in [1.82, 2.24) is 4.31 Å². The van der Waals surface area contributed by atoms with Crippen LogP contribution in [0.15, 0.2) is 0 Å². The Hall–Kier alpha value is -0.600. The number of nitriles is 1. The maximum atomic E-state index is 12.2. The van der Waals surface area contributed by atoms with Crippen molar-refractivity contribution in [2.45, 2.75) is 51.2 Å². The predicted octanol–water partition coefficient (Wildman–Crippen LogP) is 2.13. The maximum absolute atomic E-state index is 12.2. The van der Waals surface area contributed by atoms with Crippen LogP contribution in [-0.2, 0) is 10.0 Å². The number of rotatable bonds is 4. The van der Waals surface area contributed by atoms with Crippen molar-refractivity contribution in [3.05, 3.63) is 0 Å². The second-order valence-corrected chi connectivity index (χ2v) is 6.79. The SMILES string of the molecule is CCC1CCCN(S(=O)(=O)C(C#N)CC)CC1. The molecular formula is C12H22N2O2S. The van der Waals surface area contributed by atoms with Gasteiger partial charge in [-0.3, -0.25) is 0 Å². The van der Waals surface area contributed by atoms with Crippen molar-refractivity contribution in [1.29, 1.82) is 5.26 Å². The molecule has 0 N–H and O–H groups in total. The van der Waals surface area contributed by atoms with Gasteiger partial charge in [0.25, 0.3) is 0 Å². The molecule has 0 amide bonds. The molecule has 2 unspecified atom stereocenters. The predicted molar refractivity (Wildman–Crippen MR) is 67.8 cm³/mol. The van der Waals surface area contributed by atoms with Gasteiger partial charge in [-0.15, -0.1) is 0 Å². The first kappa shape index (κ1) is 14.5. The first-order chi connectivity index (χ1) is 8.06. The molecule has 17 heavy (non-hydrogen) atoms. The van der Waals surface area contributed by atoms with E-state index in [9.17, 15) is 8.42 Å². The van der Waals surface area contributed by atoms with E-state index in [-0.39, 0.29) is 0 Å². The second kappa shape index (κ2) is 6.36. The molecule has 1 aliphatic heterocycles. The first-order valence-corrected chi connectivity index (χ1v) is 7.95. The van der Waals surface area contributed by atoms with Crippen LogP contribution in [0.2, 0.25) is 0 Å². The van der Waals surface area contributed by atoms with Gasteiger partial charge < -0.3 is 0 Å². The Bertz CT molecular complexity index is 372. The number of nitrogens with zero attached hydrogens (tertiary/aromatic N) is 2. The Morgan fingerprint density at radius 1 is 1.35 bits per heavy atom. The van der Waals surface area contributed by atoms with Crippen molar-refractivity contribution in [3.8, 4) is 6.07 Å². The molecule has 2 atom stereocenters. The van der Waals surface area contributed by atoms with E-state index in [1.807, 2.05) is 6.07 Å². The summed E-state index contributed by atoms with van der Waals surface area (Å²) in [6, 6.07) is 1.91. The zero-order chi connectivity index (χ0) is 12.9. The highest BCUT2D eigenvalue weighted by atomic mass is 32.2. The maximum Gasteiger partial charge on any atom is 0.230 e. The average molecular weight is 258 g/mol. The summed E-state index contributed by atoms with van der Waals surface area (Å²) >= 11 is 0. The molecule has 98 valence electrons. The van der Waals surface area contributed by atoms with Gasteiger partial charge in [0, 0.05) is 13.1 Å². The van der Waals surface area contributed by atoms with Crippen LogP contribution in [0, 0.1) is 17.2 Å². The lowest BCUT2D eigenvalue weighted by atomic mass is 9.98. The van der Waals surface area contributed by atoms with E-state index >= 15 is 0 Å². The molecule has 1 heterocycles. The van der Waals surface area contributed by atoms with Crippen LogP contribution < -0.4 is 0 Å². The summed E-state index contributed by atoms with van der Waals surface area (Å²) in [5.74, 6) is 0.636. The van der Waals surface area contributed by atoms with Crippen molar-refractivity contribution in [2.75, 3.05) is 13.1 Å². The third-order valence-corrected chi connectivity index (χ3v) is 5.86. The molecule has 0 bridgehead atoms. The van der Waals surface area contributed by atoms with E-state index < -0.39 is 15.3 Å². The largest absolute Gasteiger partial charge is 0.230 e. The van der Waals surface area contributed by atoms with Crippen LogP contribution in [0.4, 0.5) is 0 Å². The van der Waals surface area contributed by atoms with Crippen molar-refractivity contribution < 1.29 is 8.42 Å². The van der Waals surface area contributed by atoms with Gasteiger partial charge in [-0.25, -0.2) is 12.7 Å². The van der Waals surface area contributed by atoms with Gasteiger partial charge in [0.2, 0.25) is 10.0 Å². The smallest absolute Gasteiger partial charge is 0.211 e. The van der Waals surface area contributed by atoms with Crippen LogP contribution in [-0.4, -0.2) is 31.1 Å². The van der Waals surface area contributed by atoms with E-state index in [0.29, 0.717) is 25.4 Å². The summed E-state index contributed by atoms with van der Waals surface area (Å²) in [6.07, 6.45) is 4.43. The highest BCUT2D eigenvalue weighted by molar-refractivity contribution is 7.90. The molecule has 0 saturated carbocycles. The molecule has 1 saturated heterocycles. The molecule has 0 spiro atoms. The number of hydrogen-bond acceptors (Lipinski definition) is 3. The fourth-order valence-electron chi connectivity index (χ4n) is 2.35. The van der Waals surface area contributed by atoms with Crippen LogP contribution in [0.1, 0.15) is 46.0 Å². The Morgan fingerprint density at radius 2 is 2.06 bits per heavy atom. The summed E-state index contributed by atoms with van der Waals surface area (Å²) in [5, 5.41) is 8.03. The Labute approximate surface area is 105 Å². The lowest BCUT2D eigenvalue weighted by Crippen LogP contribution is -2.38. The fourth-order valence-corrected chi connectivity index (χ4v) is 4.01. The average Bonchev–Trinajstić information content (AvgIpc) is 2.55. The van der Waals surface area contributed by atoms with E-state index in [0.717, 1.165) is 25.7 Å². The summed E-state index contributed by atoms with van der Waals surface area (Å²) in [6.45, 7) is 5.06. The lowest BCUT2D eigenvalue weighted by Gasteiger charge is -2.22. The standard InChI is InChI=1S/C12H22N2O2S/c1-3-11-6-5-8-14(9-7-11)17(15,16)12(4-2)10-13/h11-12H,3-9H2,1-2H3. The van der Waals surface area contributed by atoms with Crippen LogP contribution >= 0.6 is 0 Å². The molecule has 0 aromatic carbocycles. The molecule has 1 rings (SSSR count). The topological polar surface area (TPSA) is 61.2 Å². The fraction of sp³-hybridized carbons (Fsp3) is 0.917. The van der Waals surface area contributed by atoms with E-state index in [1.165, 1.54) is 4.31 Å². The van der Waals surface area contributed by atoms with Crippen molar-refractivity contribution in [3.63, 3.8) is 0 Å². The van der Waals surface area contributed by atoms with E-state index in [2.05, 4.69) is 6.92 Å². The summed E-state index contributed by atoms with van der Waals surface area (Å²) in [7, 11) is -3.41. The molecule has 0 aliphatic carbocycles. The summed E-state index contributed by atoms with van der Waals surface area (Å²) in [4.78, 5) is 0. The number of sulfonamides is 1. The Morgan fingerprint density at radius 3 is 2.59 bits per heavy atom. The summed E-state index contributed by atoms with van der Waals surface area (Å²) < 4.78 is 25.9. The van der Waals surface area contributed by atoms with Gasteiger partial charge in [0.1, 0.15) is 0 Å². The third-order valence-electron chi connectivity index (χ3n) is 3.62. The minimum atomic E-state index is -3.41. The van der Waals surface area contributed by atoms with Gasteiger partial charge in [-0.05, 0) is 31.6 Å². The zero-order valence-corrected chi connectivity index (χ0v) is 11.5. The van der Waals surface area contributed by atoms with E-state index in [4.69, 9.17) is 5.26 Å². The first-order valence-electron chi connectivity index (χ1n) is 6.44. The summed E-state index contributed by atoms with van der Waals surface area (Å²) in [5.41, 5.74) is 0.